The zero-order valence-corrected chi connectivity index (χ0v) is 28.2. The largest absolute Gasteiger partial charge is 0.478 e. The van der Waals surface area contributed by atoms with Crippen LogP contribution in [-0.4, -0.2) is 11.1 Å². The summed E-state index contributed by atoms with van der Waals surface area (Å²) in [4.78, 5) is 25.1. The molecule has 2 aromatic carbocycles. The summed E-state index contributed by atoms with van der Waals surface area (Å²) >= 11 is 33.8. The van der Waals surface area contributed by atoms with Crippen molar-refractivity contribution in [1.29, 1.82) is 0 Å². The minimum absolute atomic E-state index is 0.0616. The number of aromatic carboxylic acids is 1. The number of halogens is 8. The average molecular weight is 990 g/mol. The molecule has 2 aliphatic rings. The molecule has 2 aromatic rings. The quantitative estimate of drug-likeness (QED) is 0.0718. The molecule has 0 radical (unpaired) electrons. The minimum atomic E-state index is -1.32. The van der Waals surface area contributed by atoms with Crippen molar-refractivity contribution in [1.82, 2.24) is 0 Å². The third-order valence-corrected chi connectivity index (χ3v) is 12.1. The fourth-order valence-corrected chi connectivity index (χ4v) is 8.17. The van der Waals surface area contributed by atoms with Gasteiger partial charge in [-0.1, -0.05) is 46.4 Å². The van der Waals surface area contributed by atoms with Gasteiger partial charge in [0.1, 0.15) is 9.15 Å². The summed E-state index contributed by atoms with van der Waals surface area (Å²) in [7, 11) is 2.66. The third-order valence-electron chi connectivity index (χ3n) is 4.81. The molecule has 0 saturated heterocycles. The SMILES string of the molecule is O=C(O)c1c(Cl)c(Cl)c(Cl)c(Cl)c1-c1c2cc(I)c(=O)c(I)c-2oc2c(I)c(P)c(I)cc12. The van der Waals surface area contributed by atoms with Crippen molar-refractivity contribution in [3.8, 4) is 22.5 Å². The van der Waals surface area contributed by atoms with Crippen LogP contribution in [0, 0.1) is 14.3 Å². The van der Waals surface area contributed by atoms with E-state index >= 15 is 0 Å². The van der Waals surface area contributed by atoms with Crippen LogP contribution in [0.15, 0.2) is 21.3 Å². The first-order valence-electron chi connectivity index (χ1n) is 8.50. The van der Waals surface area contributed by atoms with Gasteiger partial charge >= 0.3 is 5.97 Å². The summed E-state index contributed by atoms with van der Waals surface area (Å²) in [6.45, 7) is 0. The van der Waals surface area contributed by atoms with E-state index in [0.29, 0.717) is 35.0 Å². The second kappa shape index (κ2) is 10.1. The van der Waals surface area contributed by atoms with Gasteiger partial charge in [-0.25, -0.2) is 4.79 Å². The predicted molar refractivity (Wildman–Crippen MR) is 172 cm³/mol. The Kier molecular flexibility index (Phi) is 8.32. The van der Waals surface area contributed by atoms with Crippen LogP contribution < -0.4 is 10.7 Å². The van der Waals surface area contributed by atoms with Crippen molar-refractivity contribution in [2.45, 2.75) is 0 Å². The number of fused-ring (bicyclic) bond motifs is 2. The molecule has 13 heteroatoms. The van der Waals surface area contributed by atoms with Gasteiger partial charge < -0.3 is 9.52 Å². The number of carbonyl (C=O) groups is 1. The highest BCUT2D eigenvalue weighted by Crippen LogP contribution is 2.51. The summed E-state index contributed by atoms with van der Waals surface area (Å²) in [5, 5.41) is 11.1. The predicted octanol–water partition coefficient (Wildman–Crippen LogP) is 8.80. The lowest BCUT2D eigenvalue weighted by Gasteiger charge is -2.21. The lowest BCUT2D eigenvalue weighted by atomic mass is 9.90. The van der Waals surface area contributed by atoms with Gasteiger partial charge in [-0.3, -0.25) is 4.79 Å². The van der Waals surface area contributed by atoms with Crippen LogP contribution in [0.4, 0.5) is 0 Å². The molecule has 1 unspecified atom stereocenters. The van der Waals surface area contributed by atoms with E-state index in [1.165, 1.54) is 0 Å². The van der Waals surface area contributed by atoms with Crippen molar-refractivity contribution in [2.24, 2.45) is 0 Å². The van der Waals surface area contributed by atoms with E-state index in [-0.39, 0.29) is 36.6 Å². The zero-order chi connectivity index (χ0) is 24.5. The second-order valence-corrected chi connectivity index (χ2v) is 13.2. The normalized spacial score (nSPS) is 11.5. The van der Waals surface area contributed by atoms with E-state index in [9.17, 15) is 14.7 Å². The molecule has 1 atom stereocenters. The molecular weight excluding hydrogens is 985 g/mol. The monoisotopic (exact) mass is 987 g/mol. The van der Waals surface area contributed by atoms with Crippen LogP contribution in [0.5, 0.6) is 0 Å². The lowest BCUT2D eigenvalue weighted by molar-refractivity contribution is 0.0698. The Labute approximate surface area is 263 Å². The van der Waals surface area contributed by atoms with Crippen LogP contribution in [0.2, 0.25) is 20.1 Å². The molecule has 0 aromatic heterocycles. The van der Waals surface area contributed by atoms with Crippen molar-refractivity contribution in [3.63, 3.8) is 0 Å². The van der Waals surface area contributed by atoms with Crippen LogP contribution >= 0.6 is 146 Å². The molecule has 0 bridgehead atoms. The van der Waals surface area contributed by atoms with Crippen LogP contribution in [0.1, 0.15) is 10.4 Å². The summed E-state index contributed by atoms with van der Waals surface area (Å²) < 4.78 is 8.72. The van der Waals surface area contributed by atoms with Crippen molar-refractivity contribution in [3.05, 3.63) is 62.3 Å². The number of hydrogen-bond donors (Lipinski definition) is 1. The van der Waals surface area contributed by atoms with Crippen molar-refractivity contribution in [2.75, 3.05) is 0 Å². The fourth-order valence-electron chi connectivity index (χ4n) is 3.35. The van der Waals surface area contributed by atoms with Gasteiger partial charge in [0.2, 0.25) is 5.43 Å². The summed E-state index contributed by atoms with van der Waals surface area (Å²) in [5.74, 6) is -1.02. The molecule has 4 nitrogen and oxygen atoms in total. The average Bonchev–Trinajstić information content (AvgIpc) is 2.76. The van der Waals surface area contributed by atoms with Crippen LogP contribution in [0.3, 0.4) is 0 Å². The van der Waals surface area contributed by atoms with Gasteiger partial charge in [-0.15, -0.1) is 9.24 Å². The van der Waals surface area contributed by atoms with E-state index in [2.05, 4.69) is 54.4 Å². The molecular formula is C20H5Cl4I4O4P. The minimum Gasteiger partial charge on any atom is -0.478 e. The van der Waals surface area contributed by atoms with Crippen molar-refractivity contribution < 1.29 is 14.3 Å². The summed E-state index contributed by atoms with van der Waals surface area (Å²) in [6, 6.07) is 3.51. The van der Waals surface area contributed by atoms with Crippen LogP contribution in [-0.2, 0) is 0 Å². The highest BCUT2D eigenvalue weighted by atomic mass is 127. The maximum atomic E-state index is 12.7. The Morgan fingerprint density at radius 3 is 2.09 bits per heavy atom. The van der Waals surface area contributed by atoms with Crippen molar-refractivity contribution >= 4 is 168 Å². The van der Waals surface area contributed by atoms with E-state index in [1.54, 1.807) is 6.07 Å². The van der Waals surface area contributed by atoms with Gasteiger partial charge in [-0.05, 0) is 102 Å². The standard InChI is InChI=1S/C20H5Cl4I4O4P/c21-10-8(9(20(30)31)11(22)13(24)12(10)23)7-3-1-5(25)16(29)14(27)17(3)32-18-4(7)2-6(26)19(33)15(18)28/h1-2H,33H2,(H,30,31). The van der Waals surface area contributed by atoms with Gasteiger partial charge in [0.15, 0.2) is 5.76 Å². The summed E-state index contributed by atoms with van der Waals surface area (Å²) in [6.07, 6.45) is 0. The third kappa shape index (κ3) is 4.42. The maximum Gasteiger partial charge on any atom is 0.337 e. The molecule has 4 rings (SSSR count). The Morgan fingerprint density at radius 1 is 0.879 bits per heavy atom. The molecule has 33 heavy (non-hydrogen) atoms. The molecule has 1 N–H and O–H groups in total. The van der Waals surface area contributed by atoms with Gasteiger partial charge in [0, 0.05) is 31.0 Å². The Bertz CT molecular complexity index is 1570. The number of benzene rings is 3. The molecule has 0 saturated carbocycles. The van der Waals surface area contributed by atoms with Gasteiger partial charge in [0.05, 0.1) is 32.8 Å². The molecule has 0 fully saturated rings. The molecule has 1 aliphatic heterocycles. The zero-order valence-electron chi connectivity index (χ0n) is 15.4. The topological polar surface area (TPSA) is 67.5 Å². The van der Waals surface area contributed by atoms with E-state index < -0.39 is 5.97 Å². The Morgan fingerprint density at radius 2 is 1.48 bits per heavy atom. The van der Waals surface area contributed by atoms with Gasteiger partial charge in [-0.2, -0.15) is 0 Å². The smallest absolute Gasteiger partial charge is 0.337 e. The first-order chi connectivity index (χ1) is 15.4. The molecule has 1 heterocycles. The maximum absolute atomic E-state index is 12.7. The van der Waals surface area contributed by atoms with Gasteiger partial charge in [0.25, 0.3) is 0 Å². The number of carboxylic acid groups (broad SMARTS) is 1. The second-order valence-electron chi connectivity index (χ2n) is 6.63. The number of carboxylic acids is 1. The molecule has 0 spiro atoms. The fraction of sp³-hybridized carbons (Fsp3) is 0. The van der Waals surface area contributed by atoms with Crippen LogP contribution in [0.25, 0.3) is 33.4 Å². The molecule has 1 aliphatic carbocycles. The first kappa shape index (κ1) is 27.2. The van der Waals surface area contributed by atoms with E-state index in [4.69, 9.17) is 50.8 Å². The summed E-state index contributed by atoms with van der Waals surface area (Å²) in [5.41, 5.74) is 1.02. The lowest BCUT2D eigenvalue weighted by Crippen LogP contribution is -2.13. The Balaban J connectivity index is 2.43. The highest BCUT2D eigenvalue weighted by Gasteiger charge is 2.32. The molecule has 0 amide bonds. The van der Waals surface area contributed by atoms with E-state index in [1.807, 2.05) is 51.2 Å². The van der Waals surface area contributed by atoms with E-state index in [0.717, 1.165) is 12.4 Å². The number of hydrogen-bond acceptors (Lipinski definition) is 3. The highest BCUT2D eigenvalue weighted by molar-refractivity contribution is 14.1. The number of rotatable bonds is 2. The Hall–Kier alpha value is 1.11. The molecule has 170 valence electrons. The first-order valence-corrected chi connectivity index (χ1v) is 14.9.